The number of rotatable bonds is 3. The highest BCUT2D eigenvalue weighted by molar-refractivity contribution is 5.87. The van der Waals surface area contributed by atoms with E-state index in [0.29, 0.717) is 30.6 Å². The fourth-order valence-corrected chi connectivity index (χ4v) is 3.31. The van der Waals surface area contributed by atoms with Crippen molar-refractivity contribution < 1.29 is 9.90 Å². The lowest BCUT2D eigenvalue weighted by Crippen LogP contribution is -2.51. The molecule has 5 nitrogen and oxygen atoms in total. The van der Waals surface area contributed by atoms with Gasteiger partial charge in [0.2, 0.25) is 0 Å². The van der Waals surface area contributed by atoms with Crippen molar-refractivity contribution in [1.29, 1.82) is 0 Å². The third-order valence-corrected chi connectivity index (χ3v) is 4.50. The predicted octanol–water partition coefficient (Wildman–Crippen LogP) is 2.36. The zero-order chi connectivity index (χ0) is 15.0. The van der Waals surface area contributed by atoms with Crippen molar-refractivity contribution in [3.8, 4) is 0 Å². The first-order valence-electron chi connectivity index (χ1n) is 7.21. The van der Waals surface area contributed by atoms with Crippen LogP contribution in [0, 0.1) is 0 Å². The summed E-state index contributed by atoms with van der Waals surface area (Å²) >= 11 is 0. The van der Waals surface area contributed by atoms with Gasteiger partial charge in [0, 0.05) is 11.9 Å². The molecular formula is C16H18N2O3. The number of anilines is 1. The van der Waals surface area contributed by atoms with Gasteiger partial charge in [0.05, 0.1) is 0 Å². The maximum Gasteiger partial charge on any atom is 0.329 e. The normalized spacial score (nSPS) is 21.9. The molecule has 1 saturated heterocycles. The van der Waals surface area contributed by atoms with Gasteiger partial charge in [-0.05, 0) is 36.8 Å². The Labute approximate surface area is 122 Å². The summed E-state index contributed by atoms with van der Waals surface area (Å²) in [5.74, 6) is -0.225. The quantitative estimate of drug-likeness (QED) is 0.908. The maximum atomic E-state index is 12.2. The summed E-state index contributed by atoms with van der Waals surface area (Å²) in [5, 5.41) is 11.1. The third-order valence-electron chi connectivity index (χ3n) is 4.50. The summed E-state index contributed by atoms with van der Waals surface area (Å²) in [7, 11) is 0. The molecule has 0 aliphatic carbocycles. The summed E-state index contributed by atoms with van der Waals surface area (Å²) in [5.41, 5.74) is -1.09. The number of nitrogens with zero attached hydrogens (tertiary/aromatic N) is 1. The van der Waals surface area contributed by atoms with E-state index in [-0.39, 0.29) is 5.56 Å². The predicted molar refractivity (Wildman–Crippen MR) is 81.8 cm³/mol. The molecule has 1 unspecified atom stereocenters. The van der Waals surface area contributed by atoms with Gasteiger partial charge in [-0.3, -0.25) is 4.79 Å². The Morgan fingerprint density at radius 2 is 2.19 bits per heavy atom. The van der Waals surface area contributed by atoms with E-state index in [4.69, 9.17) is 0 Å². The van der Waals surface area contributed by atoms with Gasteiger partial charge in [0.1, 0.15) is 11.4 Å². The Morgan fingerprint density at radius 3 is 2.90 bits per heavy atom. The number of pyridine rings is 1. The van der Waals surface area contributed by atoms with Crippen LogP contribution in [0.15, 0.2) is 35.1 Å². The Bertz CT molecular complexity index is 753. The molecule has 0 bridgehead atoms. The van der Waals surface area contributed by atoms with Crippen LogP contribution < -0.4 is 10.5 Å². The Balaban J connectivity index is 2.16. The maximum absolute atomic E-state index is 12.2. The summed E-state index contributed by atoms with van der Waals surface area (Å²) < 4.78 is 0. The minimum absolute atomic E-state index is 0.176. The van der Waals surface area contributed by atoms with Crippen LogP contribution in [0.3, 0.4) is 0 Å². The smallest absolute Gasteiger partial charge is 0.329 e. The number of aromatic amines is 1. The first-order chi connectivity index (χ1) is 10.1. The Morgan fingerprint density at radius 1 is 1.43 bits per heavy atom. The monoisotopic (exact) mass is 286 g/mol. The summed E-state index contributed by atoms with van der Waals surface area (Å²) in [6.07, 6.45) is 1.93. The van der Waals surface area contributed by atoms with Crippen LogP contribution in [-0.2, 0) is 4.79 Å². The molecule has 0 spiro atoms. The number of aliphatic carboxylic acids is 1. The van der Waals surface area contributed by atoms with Crippen molar-refractivity contribution in [3.05, 3.63) is 40.7 Å². The highest BCUT2D eigenvalue weighted by Gasteiger charge is 2.46. The van der Waals surface area contributed by atoms with Crippen molar-refractivity contribution in [3.63, 3.8) is 0 Å². The Hall–Kier alpha value is -2.30. The Kier molecular flexibility index (Phi) is 3.20. The van der Waals surface area contributed by atoms with Gasteiger partial charge in [0.15, 0.2) is 0 Å². The fraction of sp³-hybridized carbons (Fsp3) is 0.375. The second kappa shape index (κ2) is 4.91. The van der Waals surface area contributed by atoms with Crippen LogP contribution in [0.1, 0.15) is 26.2 Å². The van der Waals surface area contributed by atoms with E-state index in [1.165, 1.54) is 0 Å². The number of hydrogen-bond donors (Lipinski definition) is 2. The molecule has 1 aromatic heterocycles. The van der Waals surface area contributed by atoms with Crippen LogP contribution >= 0.6 is 0 Å². The van der Waals surface area contributed by atoms with Gasteiger partial charge in [0.25, 0.3) is 5.56 Å². The number of benzene rings is 1. The molecule has 1 aliphatic rings. The topological polar surface area (TPSA) is 73.4 Å². The third kappa shape index (κ3) is 2.00. The molecule has 1 aliphatic heterocycles. The zero-order valence-corrected chi connectivity index (χ0v) is 11.9. The molecule has 2 aromatic rings. The molecule has 110 valence electrons. The number of fused-ring (bicyclic) bond motifs is 1. The van der Waals surface area contributed by atoms with Gasteiger partial charge in [-0.15, -0.1) is 0 Å². The van der Waals surface area contributed by atoms with E-state index in [1.54, 1.807) is 6.07 Å². The van der Waals surface area contributed by atoms with Crippen molar-refractivity contribution in [2.75, 3.05) is 11.4 Å². The number of carboxylic acid groups (broad SMARTS) is 1. The molecule has 5 heteroatoms. The van der Waals surface area contributed by atoms with E-state index in [9.17, 15) is 14.7 Å². The van der Waals surface area contributed by atoms with E-state index in [0.717, 1.165) is 11.8 Å². The van der Waals surface area contributed by atoms with Gasteiger partial charge in [-0.2, -0.15) is 0 Å². The van der Waals surface area contributed by atoms with Gasteiger partial charge in [-0.1, -0.05) is 25.1 Å². The highest BCUT2D eigenvalue weighted by atomic mass is 16.4. The second-order valence-corrected chi connectivity index (χ2v) is 5.52. The number of nitrogens with one attached hydrogen (secondary N) is 1. The van der Waals surface area contributed by atoms with Crippen LogP contribution in [-0.4, -0.2) is 28.1 Å². The van der Waals surface area contributed by atoms with E-state index >= 15 is 0 Å². The lowest BCUT2D eigenvalue weighted by atomic mass is 9.93. The van der Waals surface area contributed by atoms with E-state index in [2.05, 4.69) is 4.98 Å². The van der Waals surface area contributed by atoms with E-state index < -0.39 is 11.5 Å². The molecule has 2 heterocycles. The molecule has 1 aromatic carbocycles. The van der Waals surface area contributed by atoms with Crippen LogP contribution in [0.2, 0.25) is 0 Å². The van der Waals surface area contributed by atoms with Gasteiger partial charge in [-0.25, -0.2) is 4.79 Å². The average Bonchev–Trinajstić information content (AvgIpc) is 2.92. The summed E-state index contributed by atoms with van der Waals surface area (Å²) in [6.45, 7) is 2.53. The van der Waals surface area contributed by atoms with Crippen molar-refractivity contribution >= 4 is 22.6 Å². The first kappa shape index (κ1) is 13.7. The molecule has 2 N–H and O–H groups in total. The SMILES string of the molecule is CCC1(C(=O)O)CCCN1c1cc2ccccc2c(=O)[nH]1. The number of hydrogen-bond acceptors (Lipinski definition) is 3. The molecule has 0 saturated carbocycles. The average molecular weight is 286 g/mol. The second-order valence-electron chi connectivity index (χ2n) is 5.52. The lowest BCUT2D eigenvalue weighted by Gasteiger charge is -2.35. The summed E-state index contributed by atoms with van der Waals surface area (Å²) in [4.78, 5) is 28.6. The van der Waals surface area contributed by atoms with Gasteiger partial charge < -0.3 is 15.0 Å². The number of H-pyrrole nitrogens is 1. The minimum Gasteiger partial charge on any atom is -0.479 e. The standard InChI is InChI=1S/C16H18N2O3/c1-2-16(15(20)21)8-5-9-18(16)13-10-11-6-3-4-7-12(11)14(19)17-13/h3-4,6-7,10H,2,5,8-9H2,1H3,(H,17,19)(H,20,21). The highest BCUT2D eigenvalue weighted by Crippen LogP contribution is 2.36. The van der Waals surface area contributed by atoms with Gasteiger partial charge >= 0.3 is 5.97 Å². The van der Waals surface area contributed by atoms with Crippen molar-refractivity contribution in [2.45, 2.75) is 31.7 Å². The largest absolute Gasteiger partial charge is 0.479 e. The van der Waals surface area contributed by atoms with Crippen molar-refractivity contribution in [1.82, 2.24) is 4.98 Å². The molecule has 0 radical (unpaired) electrons. The van der Waals surface area contributed by atoms with Crippen LogP contribution in [0.25, 0.3) is 10.8 Å². The first-order valence-corrected chi connectivity index (χ1v) is 7.21. The van der Waals surface area contributed by atoms with E-state index in [1.807, 2.05) is 36.1 Å². The molecule has 1 fully saturated rings. The minimum atomic E-state index is -0.911. The number of aromatic nitrogens is 1. The van der Waals surface area contributed by atoms with Crippen LogP contribution in [0.4, 0.5) is 5.82 Å². The summed E-state index contributed by atoms with van der Waals surface area (Å²) in [6, 6.07) is 9.21. The van der Waals surface area contributed by atoms with Crippen molar-refractivity contribution in [2.24, 2.45) is 0 Å². The molecule has 3 rings (SSSR count). The number of carbonyl (C=O) groups is 1. The lowest BCUT2D eigenvalue weighted by molar-refractivity contribution is -0.143. The number of carboxylic acids is 1. The molecule has 1 atom stereocenters. The fourth-order valence-electron chi connectivity index (χ4n) is 3.31. The molecular weight excluding hydrogens is 268 g/mol. The molecule has 0 amide bonds. The van der Waals surface area contributed by atoms with Crippen LogP contribution in [0.5, 0.6) is 0 Å². The zero-order valence-electron chi connectivity index (χ0n) is 11.9. The molecule has 21 heavy (non-hydrogen) atoms.